The quantitative estimate of drug-likeness (QED) is 0.271. The van der Waals surface area contributed by atoms with E-state index in [0.717, 1.165) is 18.7 Å². The summed E-state index contributed by atoms with van der Waals surface area (Å²) < 4.78 is 13.5. The first-order valence-electron chi connectivity index (χ1n) is 7.52. The molecule has 0 radical (unpaired) electrons. The highest BCUT2D eigenvalue weighted by molar-refractivity contribution is 14.2. The third-order valence-electron chi connectivity index (χ3n) is 3.71. The second kappa shape index (κ2) is 8.61. The summed E-state index contributed by atoms with van der Waals surface area (Å²) in [5, 5.41) is 1.22. The van der Waals surface area contributed by atoms with Crippen LogP contribution in [-0.2, 0) is 17.1 Å². The molecular weight excluding hydrogens is 421 g/mol. The zero-order chi connectivity index (χ0) is 15.9. The van der Waals surface area contributed by atoms with Crippen LogP contribution in [-0.4, -0.2) is 17.8 Å². The zero-order valence-electron chi connectivity index (χ0n) is 12.7. The summed E-state index contributed by atoms with van der Waals surface area (Å²) >= 11 is 2.14. The summed E-state index contributed by atoms with van der Waals surface area (Å²) in [7, 11) is 1.37. The third kappa shape index (κ3) is 4.65. The molecule has 0 spiro atoms. The van der Waals surface area contributed by atoms with Gasteiger partial charge in [-0.2, -0.15) is 0 Å². The van der Waals surface area contributed by atoms with Gasteiger partial charge in [0.15, 0.2) is 0 Å². The van der Waals surface area contributed by atoms with Gasteiger partial charge in [0.05, 0.1) is 27.9 Å². The topological polar surface area (TPSA) is 23.4 Å². The van der Waals surface area contributed by atoms with Crippen molar-refractivity contribution in [3.05, 3.63) is 66.4 Å². The SMILES string of the molecule is ISOCCn1ccc2ccc(OCCc3ccccc3)cc21. The van der Waals surface area contributed by atoms with E-state index in [2.05, 4.69) is 74.4 Å². The molecule has 3 rings (SSSR count). The Bertz CT molecular complexity index is 745. The van der Waals surface area contributed by atoms with Crippen LogP contribution in [0.25, 0.3) is 10.9 Å². The van der Waals surface area contributed by atoms with E-state index in [1.54, 1.807) is 0 Å². The molecule has 0 aliphatic rings. The van der Waals surface area contributed by atoms with Gasteiger partial charge in [-0.15, -0.1) is 0 Å². The molecule has 3 aromatic rings. The number of benzene rings is 2. The minimum absolute atomic E-state index is 0.685. The van der Waals surface area contributed by atoms with E-state index in [1.165, 1.54) is 25.7 Å². The van der Waals surface area contributed by atoms with E-state index in [9.17, 15) is 0 Å². The lowest BCUT2D eigenvalue weighted by Gasteiger charge is -2.09. The largest absolute Gasteiger partial charge is 0.493 e. The standard InChI is InChI=1S/C18H18INO2S/c19-23-22-13-11-20-10-8-16-6-7-17(14-18(16)20)21-12-9-15-4-2-1-3-5-15/h1-8,10,14H,9,11-13H2. The van der Waals surface area contributed by atoms with E-state index in [-0.39, 0.29) is 0 Å². The summed E-state index contributed by atoms with van der Waals surface area (Å²) in [4.78, 5) is 0. The Balaban J connectivity index is 1.63. The van der Waals surface area contributed by atoms with Gasteiger partial charge in [0, 0.05) is 46.4 Å². The van der Waals surface area contributed by atoms with Crippen LogP contribution in [0.1, 0.15) is 5.56 Å². The van der Waals surface area contributed by atoms with Crippen LogP contribution in [0.5, 0.6) is 5.75 Å². The van der Waals surface area contributed by atoms with Crippen molar-refractivity contribution in [3.63, 3.8) is 0 Å². The number of ether oxygens (including phenoxy) is 1. The molecule has 1 heterocycles. The van der Waals surface area contributed by atoms with Gasteiger partial charge < -0.3 is 13.5 Å². The van der Waals surface area contributed by atoms with Crippen molar-refractivity contribution >= 4 is 41.3 Å². The fourth-order valence-corrected chi connectivity index (χ4v) is 3.22. The van der Waals surface area contributed by atoms with Crippen LogP contribution in [0.4, 0.5) is 0 Å². The Labute approximate surface area is 152 Å². The molecule has 5 heteroatoms. The van der Waals surface area contributed by atoms with Crippen LogP contribution in [0.2, 0.25) is 0 Å². The molecule has 120 valence electrons. The summed E-state index contributed by atoms with van der Waals surface area (Å²) in [5.41, 5.74) is 2.48. The zero-order valence-corrected chi connectivity index (χ0v) is 15.6. The van der Waals surface area contributed by atoms with Gasteiger partial charge >= 0.3 is 0 Å². The molecule has 0 atom stereocenters. The van der Waals surface area contributed by atoms with Crippen LogP contribution >= 0.6 is 30.4 Å². The maximum atomic E-state index is 5.92. The highest BCUT2D eigenvalue weighted by atomic mass is 127. The highest BCUT2D eigenvalue weighted by Crippen LogP contribution is 2.23. The molecule has 2 aromatic carbocycles. The van der Waals surface area contributed by atoms with Gasteiger partial charge in [-0.05, 0) is 29.1 Å². The normalized spacial score (nSPS) is 11.0. The smallest absolute Gasteiger partial charge is 0.121 e. The van der Waals surface area contributed by atoms with Crippen LogP contribution in [0.15, 0.2) is 60.8 Å². The van der Waals surface area contributed by atoms with Crippen LogP contribution in [0.3, 0.4) is 0 Å². The first-order chi connectivity index (χ1) is 11.4. The van der Waals surface area contributed by atoms with E-state index in [4.69, 9.17) is 8.92 Å². The minimum atomic E-state index is 0.685. The number of hydrogen-bond acceptors (Lipinski definition) is 3. The van der Waals surface area contributed by atoms with E-state index < -0.39 is 0 Å². The fraction of sp³-hybridized carbons (Fsp3) is 0.222. The molecule has 0 N–H and O–H groups in total. The summed E-state index contributed by atoms with van der Waals surface area (Å²) in [6.45, 7) is 2.22. The van der Waals surface area contributed by atoms with Gasteiger partial charge in [0.25, 0.3) is 0 Å². The van der Waals surface area contributed by atoms with Crippen molar-refractivity contribution in [2.45, 2.75) is 13.0 Å². The second-order valence-corrected chi connectivity index (χ2v) is 6.64. The van der Waals surface area contributed by atoms with Crippen molar-refractivity contribution < 1.29 is 8.92 Å². The number of hydrogen-bond donors (Lipinski definition) is 0. The molecule has 0 saturated heterocycles. The summed E-state index contributed by atoms with van der Waals surface area (Å²) in [5.74, 6) is 0.914. The number of halogens is 1. The summed E-state index contributed by atoms with van der Waals surface area (Å²) in [6.07, 6.45) is 3.01. The predicted molar refractivity (Wildman–Crippen MR) is 105 cm³/mol. The molecular formula is C18H18INO2S. The minimum Gasteiger partial charge on any atom is -0.493 e. The summed E-state index contributed by atoms with van der Waals surface area (Å²) in [6, 6.07) is 18.8. The van der Waals surface area contributed by atoms with E-state index in [0.29, 0.717) is 13.2 Å². The average molecular weight is 439 g/mol. The van der Waals surface area contributed by atoms with Gasteiger partial charge in [0.2, 0.25) is 0 Å². The van der Waals surface area contributed by atoms with Gasteiger partial charge in [-0.25, -0.2) is 0 Å². The van der Waals surface area contributed by atoms with Crippen LogP contribution < -0.4 is 4.74 Å². The highest BCUT2D eigenvalue weighted by Gasteiger charge is 2.04. The van der Waals surface area contributed by atoms with Crippen molar-refractivity contribution in [1.29, 1.82) is 0 Å². The molecule has 3 nitrogen and oxygen atoms in total. The van der Waals surface area contributed by atoms with Crippen molar-refractivity contribution in [3.8, 4) is 5.75 Å². The van der Waals surface area contributed by atoms with E-state index >= 15 is 0 Å². The Morgan fingerprint density at radius 1 is 1.00 bits per heavy atom. The maximum Gasteiger partial charge on any atom is 0.121 e. The third-order valence-corrected chi connectivity index (χ3v) is 4.73. The molecule has 0 bridgehead atoms. The number of aromatic nitrogens is 1. The van der Waals surface area contributed by atoms with Crippen molar-refractivity contribution in [2.24, 2.45) is 0 Å². The Morgan fingerprint density at radius 2 is 1.87 bits per heavy atom. The van der Waals surface area contributed by atoms with Crippen molar-refractivity contribution in [2.75, 3.05) is 13.2 Å². The van der Waals surface area contributed by atoms with Gasteiger partial charge in [0.1, 0.15) is 5.75 Å². The first-order valence-corrected chi connectivity index (χ1v) is 10.8. The molecule has 0 amide bonds. The lowest BCUT2D eigenvalue weighted by molar-refractivity contribution is 0.322. The lowest BCUT2D eigenvalue weighted by Crippen LogP contribution is -2.03. The van der Waals surface area contributed by atoms with Gasteiger partial charge in [-0.3, -0.25) is 0 Å². The number of rotatable bonds is 8. The molecule has 23 heavy (non-hydrogen) atoms. The number of fused-ring (bicyclic) bond motifs is 1. The maximum absolute atomic E-state index is 5.92. The van der Waals surface area contributed by atoms with E-state index in [1.807, 2.05) is 12.1 Å². The lowest BCUT2D eigenvalue weighted by atomic mass is 10.2. The monoisotopic (exact) mass is 439 g/mol. The molecule has 1 aromatic heterocycles. The molecule has 0 aliphatic carbocycles. The molecule has 0 fully saturated rings. The first kappa shape index (κ1) is 16.7. The van der Waals surface area contributed by atoms with Crippen molar-refractivity contribution in [1.82, 2.24) is 4.57 Å². The number of nitrogens with zero attached hydrogens (tertiary/aromatic N) is 1. The van der Waals surface area contributed by atoms with Crippen LogP contribution in [0, 0.1) is 0 Å². The fourth-order valence-electron chi connectivity index (χ4n) is 2.55. The second-order valence-electron chi connectivity index (χ2n) is 5.20. The molecule has 0 unspecified atom stereocenters. The average Bonchev–Trinajstić information content (AvgIpc) is 2.99. The molecule has 0 aliphatic heterocycles. The Kier molecular flexibility index (Phi) is 6.24. The Hall–Kier alpha value is -1.18. The predicted octanol–water partition coefficient (Wildman–Crippen LogP) is 5.28. The molecule has 0 saturated carbocycles. The van der Waals surface area contributed by atoms with Gasteiger partial charge in [-0.1, -0.05) is 30.3 Å². The Morgan fingerprint density at radius 3 is 2.70 bits per heavy atom.